The van der Waals surface area contributed by atoms with Crippen LogP contribution in [0.15, 0.2) is 23.1 Å². The van der Waals surface area contributed by atoms with Crippen molar-refractivity contribution in [1.29, 1.82) is 0 Å². The van der Waals surface area contributed by atoms with E-state index in [9.17, 15) is 18.3 Å². The molecule has 1 aromatic rings. The van der Waals surface area contributed by atoms with Crippen molar-refractivity contribution in [3.63, 3.8) is 0 Å². The van der Waals surface area contributed by atoms with Crippen molar-refractivity contribution in [2.24, 2.45) is 0 Å². The van der Waals surface area contributed by atoms with E-state index in [1.807, 2.05) is 0 Å². The van der Waals surface area contributed by atoms with E-state index in [2.05, 4.69) is 0 Å². The van der Waals surface area contributed by atoms with E-state index < -0.39 is 21.5 Å². The van der Waals surface area contributed by atoms with Gasteiger partial charge in [0, 0.05) is 10.0 Å². The summed E-state index contributed by atoms with van der Waals surface area (Å²) in [4.78, 5) is 11.1. The minimum Gasteiger partial charge on any atom is -0.480 e. The summed E-state index contributed by atoms with van der Waals surface area (Å²) in [6, 6.07) is 3.81. The third kappa shape index (κ3) is 2.51. The van der Waals surface area contributed by atoms with E-state index >= 15 is 0 Å². The highest BCUT2D eigenvalue weighted by atomic mass is 35.5. The molecule has 0 saturated carbocycles. The first-order chi connectivity index (χ1) is 9.18. The van der Waals surface area contributed by atoms with E-state index in [4.69, 9.17) is 27.9 Å². The average Bonchev–Trinajstić information content (AvgIpc) is 2.72. The number of ether oxygens (including phenoxy) is 1. The van der Waals surface area contributed by atoms with Crippen LogP contribution >= 0.6 is 23.2 Å². The van der Waals surface area contributed by atoms with Crippen molar-refractivity contribution in [3.8, 4) is 0 Å². The molecule has 1 N–H and O–H groups in total. The smallest absolute Gasteiger partial charge is 0.327 e. The summed E-state index contributed by atoms with van der Waals surface area (Å²) in [5, 5.41) is 9.52. The quantitative estimate of drug-likeness (QED) is 0.907. The Balaban J connectivity index is 2.52. The van der Waals surface area contributed by atoms with Gasteiger partial charge in [-0.15, -0.1) is 0 Å². The molecule has 1 aliphatic rings. The van der Waals surface area contributed by atoms with Crippen molar-refractivity contribution in [2.45, 2.75) is 17.4 Å². The van der Waals surface area contributed by atoms with Crippen LogP contribution in [0.5, 0.6) is 0 Å². The molecule has 1 atom stereocenters. The fourth-order valence-corrected chi connectivity index (χ4v) is 4.19. The van der Waals surface area contributed by atoms with Crippen molar-refractivity contribution < 1.29 is 23.1 Å². The third-order valence-electron chi connectivity index (χ3n) is 3.03. The molecular weight excluding hydrogens is 329 g/mol. The maximum absolute atomic E-state index is 12.5. The Morgan fingerprint density at radius 1 is 1.35 bits per heavy atom. The molecule has 0 aliphatic carbocycles. The molecular formula is C11H11Cl2NO5S. The number of carboxylic acids is 1. The highest BCUT2D eigenvalue weighted by molar-refractivity contribution is 7.89. The topological polar surface area (TPSA) is 83.9 Å². The molecule has 0 amide bonds. The Kier molecular flexibility index (Phi) is 4.01. The maximum atomic E-state index is 12.5. The number of hydrogen-bond acceptors (Lipinski definition) is 4. The number of hydrogen-bond donors (Lipinski definition) is 1. The molecule has 110 valence electrons. The number of sulfonamides is 1. The van der Waals surface area contributed by atoms with E-state index in [0.29, 0.717) is 0 Å². The first-order valence-corrected chi connectivity index (χ1v) is 7.67. The first-order valence-electron chi connectivity index (χ1n) is 5.48. The number of nitrogens with zero attached hydrogens (tertiary/aromatic N) is 1. The second-order valence-corrected chi connectivity index (χ2v) is 7.25. The van der Waals surface area contributed by atoms with Crippen LogP contribution in [0.3, 0.4) is 0 Å². The number of carbonyl (C=O) groups is 1. The predicted octanol–water partition coefficient (Wildman–Crippen LogP) is 1.82. The van der Waals surface area contributed by atoms with Gasteiger partial charge in [-0.25, -0.2) is 8.42 Å². The Labute approximate surface area is 125 Å². The highest BCUT2D eigenvalue weighted by Crippen LogP contribution is 2.32. The van der Waals surface area contributed by atoms with Gasteiger partial charge in [0.2, 0.25) is 10.0 Å². The molecule has 1 unspecified atom stereocenters. The van der Waals surface area contributed by atoms with E-state index in [1.54, 1.807) is 0 Å². The lowest BCUT2D eigenvalue weighted by Gasteiger charge is -2.27. The van der Waals surface area contributed by atoms with Gasteiger partial charge in [0.15, 0.2) is 5.54 Å². The van der Waals surface area contributed by atoms with Gasteiger partial charge in [0.05, 0.1) is 11.5 Å². The second-order valence-electron chi connectivity index (χ2n) is 4.52. The number of carboxylic acid groups (broad SMARTS) is 1. The van der Waals surface area contributed by atoms with Crippen molar-refractivity contribution in [1.82, 2.24) is 4.31 Å². The van der Waals surface area contributed by atoms with Crippen molar-refractivity contribution in [3.05, 3.63) is 28.2 Å². The van der Waals surface area contributed by atoms with Gasteiger partial charge in [-0.3, -0.25) is 4.79 Å². The zero-order valence-corrected chi connectivity index (χ0v) is 12.7. The Bertz CT molecular complexity index is 643. The lowest BCUT2D eigenvalue weighted by atomic mass is 10.1. The summed E-state index contributed by atoms with van der Waals surface area (Å²) in [5.41, 5.74) is -1.66. The summed E-state index contributed by atoms with van der Waals surface area (Å²) in [6.07, 6.45) is 0. The number of aliphatic carboxylic acids is 1. The van der Waals surface area contributed by atoms with Gasteiger partial charge in [-0.05, 0) is 25.1 Å². The lowest BCUT2D eigenvalue weighted by Crippen LogP contribution is -2.52. The zero-order chi connectivity index (χ0) is 15.1. The van der Waals surface area contributed by atoms with Crippen LogP contribution in [-0.2, 0) is 19.6 Å². The second kappa shape index (κ2) is 5.16. The van der Waals surface area contributed by atoms with Crippen LogP contribution in [0.2, 0.25) is 10.0 Å². The molecule has 0 radical (unpaired) electrons. The number of halogens is 2. The maximum Gasteiger partial charge on any atom is 0.327 e. The van der Waals surface area contributed by atoms with Gasteiger partial charge < -0.3 is 9.84 Å². The van der Waals surface area contributed by atoms with Gasteiger partial charge in [0.1, 0.15) is 6.73 Å². The number of benzene rings is 1. The van der Waals surface area contributed by atoms with Crippen LogP contribution < -0.4 is 0 Å². The predicted molar refractivity (Wildman–Crippen MR) is 72.3 cm³/mol. The normalized spacial score (nSPS) is 23.9. The molecule has 1 aromatic carbocycles. The molecule has 6 nitrogen and oxygen atoms in total. The molecule has 0 bridgehead atoms. The highest BCUT2D eigenvalue weighted by Gasteiger charge is 2.51. The molecule has 20 heavy (non-hydrogen) atoms. The molecule has 9 heteroatoms. The van der Waals surface area contributed by atoms with Crippen molar-refractivity contribution in [2.75, 3.05) is 13.3 Å². The molecule has 0 aromatic heterocycles. The molecule has 1 aliphatic heterocycles. The molecule has 1 heterocycles. The zero-order valence-electron chi connectivity index (χ0n) is 10.3. The Hall–Kier alpha value is -0.860. The van der Waals surface area contributed by atoms with Gasteiger partial charge in [-0.2, -0.15) is 4.31 Å². The largest absolute Gasteiger partial charge is 0.480 e. The van der Waals surface area contributed by atoms with Crippen LogP contribution in [-0.4, -0.2) is 42.7 Å². The SMILES string of the molecule is CC1(C(=O)O)COCN1S(=O)(=O)c1cc(Cl)cc(Cl)c1. The molecule has 1 fully saturated rings. The summed E-state index contributed by atoms with van der Waals surface area (Å²) >= 11 is 11.6. The standard InChI is InChI=1S/C11H11Cl2NO5S/c1-11(10(15)16)5-19-6-14(11)20(17,18)9-3-7(12)2-8(13)4-9/h2-4H,5-6H2,1H3,(H,15,16). The van der Waals surface area contributed by atoms with E-state index in [0.717, 1.165) is 4.31 Å². The molecule has 1 saturated heterocycles. The summed E-state index contributed by atoms with van der Waals surface area (Å²) in [5.74, 6) is -1.29. The van der Waals surface area contributed by atoms with Gasteiger partial charge >= 0.3 is 5.97 Å². The lowest BCUT2D eigenvalue weighted by molar-refractivity contribution is -0.145. The Morgan fingerprint density at radius 3 is 2.40 bits per heavy atom. The van der Waals surface area contributed by atoms with Gasteiger partial charge in [0.25, 0.3) is 0 Å². The third-order valence-corrected chi connectivity index (χ3v) is 5.38. The summed E-state index contributed by atoms with van der Waals surface area (Å²) < 4.78 is 30.8. The minimum atomic E-state index is -4.08. The molecule has 2 rings (SSSR count). The minimum absolute atomic E-state index is 0.146. The van der Waals surface area contributed by atoms with Crippen LogP contribution in [0.1, 0.15) is 6.92 Å². The van der Waals surface area contributed by atoms with Crippen molar-refractivity contribution >= 4 is 39.2 Å². The fourth-order valence-electron chi connectivity index (χ4n) is 1.85. The molecule has 0 spiro atoms. The van der Waals surface area contributed by atoms with E-state index in [1.165, 1.54) is 25.1 Å². The summed E-state index contributed by atoms with van der Waals surface area (Å²) in [7, 11) is -4.08. The average molecular weight is 340 g/mol. The Morgan fingerprint density at radius 2 is 1.90 bits per heavy atom. The first kappa shape index (κ1) is 15.5. The van der Waals surface area contributed by atoms with Gasteiger partial charge in [-0.1, -0.05) is 23.2 Å². The van der Waals surface area contributed by atoms with Crippen LogP contribution in [0, 0.1) is 0 Å². The summed E-state index contributed by atoms with van der Waals surface area (Å²) in [6.45, 7) is 0.719. The van der Waals surface area contributed by atoms with Crippen LogP contribution in [0.4, 0.5) is 0 Å². The van der Waals surface area contributed by atoms with Crippen LogP contribution in [0.25, 0.3) is 0 Å². The van der Waals surface area contributed by atoms with E-state index in [-0.39, 0.29) is 28.3 Å². The fraction of sp³-hybridized carbons (Fsp3) is 0.364. The monoisotopic (exact) mass is 339 g/mol. The number of rotatable bonds is 3.